The van der Waals surface area contributed by atoms with Crippen molar-refractivity contribution in [3.05, 3.63) is 39.8 Å². The van der Waals surface area contributed by atoms with E-state index >= 15 is 4.39 Å². The SMILES string of the molecule is CC[C@@H]1CN(c2nc(OC[C@]3(CN(C)C)CC3(F)F)nc3c(F)c4c(cc23)Cc2[nH]nc3cc(Cl)c(C)c-4c23)C[C@@H](C)N1. The molecule has 0 radical (unpaired) electrons. The number of hydrogen-bond donors (Lipinski definition) is 2. The second-order valence-corrected chi connectivity index (χ2v) is 13.3. The number of piperazine rings is 1. The third-order valence-electron chi connectivity index (χ3n) is 9.26. The number of fused-ring (bicyclic) bond motifs is 3. The molecule has 228 valence electrons. The molecule has 8 nitrogen and oxygen atoms in total. The van der Waals surface area contributed by atoms with Gasteiger partial charge in [-0.1, -0.05) is 18.5 Å². The molecule has 0 unspecified atom stereocenters. The minimum atomic E-state index is -2.85. The van der Waals surface area contributed by atoms with E-state index in [1.165, 1.54) is 0 Å². The molecule has 2 aliphatic carbocycles. The van der Waals surface area contributed by atoms with Gasteiger partial charge in [0.05, 0.1) is 10.9 Å². The van der Waals surface area contributed by atoms with Crippen molar-refractivity contribution in [2.45, 2.75) is 58.0 Å². The first-order valence-electron chi connectivity index (χ1n) is 14.8. The summed E-state index contributed by atoms with van der Waals surface area (Å²) in [4.78, 5) is 13.2. The lowest BCUT2D eigenvalue weighted by Crippen LogP contribution is -2.55. The van der Waals surface area contributed by atoms with Gasteiger partial charge in [0.2, 0.25) is 0 Å². The van der Waals surface area contributed by atoms with Crippen molar-refractivity contribution in [1.29, 1.82) is 0 Å². The van der Waals surface area contributed by atoms with Gasteiger partial charge >= 0.3 is 6.01 Å². The number of H-pyrrole nitrogens is 1. The number of benzene rings is 2. The minimum Gasteiger partial charge on any atom is -0.463 e. The molecule has 43 heavy (non-hydrogen) atoms. The Morgan fingerprint density at radius 1 is 1.19 bits per heavy atom. The predicted octanol–water partition coefficient (Wildman–Crippen LogP) is 5.72. The Kier molecular flexibility index (Phi) is 6.61. The van der Waals surface area contributed by atoms with E-state index in [9.17, 15) is 8.78 Å². The molecular formula is C31H35ClF3N7O. The maximum Gasteiger partial charge on any atom is 0.319 e. The van der Waals surface area contributed by atoms with Crippen LogP contribution in [0.3, 0.4) is 0 Å². The maximum absolute atomic E-state index is 16.9. The van der Waals surface area contributed by atoms with E-state index < -0.39 is 17.2 Å². The molecule has 7 rings (SSSR count). The molecular weight excluding hydrogens is 579 g/mol. The molecule has 12 heteroatoms. The van der Waals surface area contributed by atoms with Gasteiger partial charge in [-0.15, -0.1) is 0 Å². The first-order valence-corrected chi connectivity index (χ1v) is 15.1. The number of alkyl halides is 2. The molecule has 3 aliphatic rings. The summed E-state index contributed by atoms with van der Waals surface area (Å²) in [7, 11) is 3.52. The zero-order valence-corrected chi connectivity index (χ0v) is 25.7. The van der Waals surface area contributed by atoms with E-state index in [0.717, 1.165) is 28.6 Å². The average molecular weight is 614 g/mol. The summed E-state index contributed by atoms with van der Waals surface area (Å²) >= 11 is 6.58. The lowest BCUT2D eigenvalue weighted by molar-refractivity contribution is 0.0288. The summed E-state index contributed by atoms with van der Waals surface area (Å²) in [5.74, 6) is -2.81. The van der Waals surface area contributed by atoms with Gasteiger partial charge in [-0.2, -0.15) is 15.1 Å². The van der Waals surface area contributed by atoms with Crippen molar-refractivity contribution >= 4 is 39.2 Å². The van der Waals surface area contributed by atoms with Crippen LogP contribution in [0.25, 0.3) is 32.9 Å². The van der Waals surface area contributed by atoms with Crippen molar-refractivity contribution < 1.29 is 17.9 Å². The van der Waals surface area contributed by atoms with Crippen LogP contribution in [0.1, 0.15) is 43.5 Å². The standard InChI is InChI=1S/C31H35ClF3N7O/c1-6-18-11-42(10-15(2)36-18)28-19-7-17-8-21-25-22(40-39-21)9-20(32)16(3)23(25)24(17)26(33)27(19)37-29(38-28)43-14-30(13-41(4)5)12-31(30,34)35/h7,9,15,18,36H,6,8,10-14H2,1-5H3,(H,39,40)/t15-,18-,30-/m1/s1. The Labute approximate surface area is 252 Å². The molecule has 0 amide bonds. The Morgan fingerprint density at radius 3 is 2.65 bits per heavy atom. The molecule has 0 bridgehead atoms. The highest BCUT2D eigenvalue weighted by molar-refractivity contribution is 6.33. The predicted molar refractivity (Wildman–Crippen MR) is 162 cm³/mol. The number of anilines is 1. The highest BCUT2D eigenvalue weighted by atomic mass is 35.5. The van der Waals surface area contributed by atoms with Gasteiger partial charge < -0.3 is 19.9 Å². The fourth-order valence-electron chi connectivity index (χ4n) is 7.06. The molecule has 2 N–H and O–H groups in total. The average Bonchev–Trinajstić information content (AvgIpc) is 3.25. The Bertz CT molecular complexity index is 1780. The number of rotatable bonds is 7. The zero-order valence-electron chi connectivity index (χ0n) is 24.9. The summed E-state index contributed by atoms with van der Waals surface area (Å²) < 4.78 is 52.0. The van der Waals surface area contributed by atoms with Crippen molar-refractivity contribution in [2.75, 3.05) is 45.2 Å². The van der Waals surface area contributed by atoms with Crippen molar-refractivity contribution in [3.63, 3.8) is 0 Å². The second kappa shape index (κ2) is 9.93. The van der Waals surface area contributed by atoms with Crippen LogP contribution in [-0.4, -0.2) is 83.4 Å². The Hall–Kier alpha value is -3.15. The largest absolute Gasteiger partial charge is 0.463 e. The number of hydrogen-bond acceptors (Lipinski definition) is 7. The smallest absolute Gasteiger partial charge is 0.319 e. The van der Waals surface area contributed by atoms with Crippen LogP contribution in [-0.2, 0) is 6.42 Å². The number of nitrogens with zero attached hydrogens (tertiary/aromatic N) is 5. The van der Waals surface area contributed by atoms with Gasteiger partial charge in [0, 0.05) is 77.2 Å². The van der Waals surface area contributed by atoms with Gasteiger partial charge in [0.15, 0.2) is 5.82 Å². The van der Waals surface area contributed by atoms with Crippen LogP contribution in [0, 0.1) is 18.2 Å². The number of ether oxygens (including phenoxy) is 1. The van der Waals surface area contributed by atoms with Crippen LogP contribution in [0.15, 0.2) is 12.1 Å². The van der Waals surface area contributed by atoms with Crippen LogP contribution in [0.4, 0.5) is 19.0 Å². The lowest BCUT2D eigenvalue weighted by atomic mass is 9.84. The van der Waals surface area contributed by atoms with Gasteiger partial charge in [-0.3, -0.25) is 5.10 Å². The van der Waals surface area contributed by atoms with Crippen LogP contribution in [0.2, 0.25) is 5.02 Å². The molecule has 1 saturated heterocycles. The molecule has 2 fully saturated rings. The summed E-state index contributed by atoms with van der Waals surface area (Å²) in [5, 5.41) is 13.1. The monoisotopic (exact) mass is 613 g/mol. The van der Waals surface area contributed by atoms with Crippen molar-refractivity contribution in [1.82, 2.24) is 30.4 Å². The lowest BCUT2D eigenvalue weighted by Gasteiger charge is -2.38. The summed E-state index contributed by atoms with van der Waals surface area (Å²) in [6.45, 7) is 7.29. The van der Waals surface area contributed by atoms with E-state index in [1.807, 2.05) is 13.0 Å². The molecule has 2 aromatic carbocycles. The minimum absolute atomic E-state index is 0.0988. The van der Waals surface area contributed by atoms with Crippen molar-refractivity contribution in [3.8, 4) is 17.1 Å². The quantitative estimate of drug-likeness (QED) is 0.243. The summed E-state index contributed by atoms with van der Waals surface area (Å²) in [6, 6.07) is 4.02. The molecule has 3 heterocycles. The first-order chi connectivity index (χ1) is 20.4. The van der Waals surface area contributed by atoms with Gasteiger partial charge in [-0.05, 0) is 57.6 Å². The van der Waals surface area contributed by atoms with Crippen LogP contribution < -0.4 is 15.0 Å². The molecule has 4 aromatic rings. The topological polar surface area (TPSA) is 82.2 Å². The Balaban J connectivity index is 1.40. The molecule has 0 spiro atoms. The number of nitrogens with one attached hydrogen (secondary N) is 2. The van der Waals surface area contributed by atoms with E-state index in [1.54, 1.807) is 25.1 Å². The fourth-order valence-corrected chi connectivity index (χ4v) is 7.26. The van der Waals surface area contributed by atoms with Gasteiger partial charge in [0.1, 0.15) is 17.9 Å². The van der Waals surface area contributed by atoms with E-state index in [0.29, 0.717) is 52.4 Å². The van der Waals surface area contributed by atoms with E-state index in [4.69, 9.17) is 21.3 Å². The zero-order chi connectivity index (χ0) is 30.4. The molecule has 2 aromatic heterocycles. The Morgan fingerprint density at radius 2 is 1.95 bits per heavy atom. The number of aromatic nitrogens is 4. The maximum atomic E-state index is 16.9. The molecule has 1 aliphatic heterocycles. The van der Waals surface area contributed by atoms with Gasteiger partial charge in [-0.25, -0.2) is 13.2 Å². The van der Waals surface area contributed by atoms with Crippen LogP contribution in [0.5, 0.6) is 6.01 Å². The highest BCUT2D eigenvalue weighted by Gasteiger charge is 2.71. The summed E-state index contributed by atoms with van der Waals surface area (Å²) in [5.41, 5.74) is 3.00. The summed E-state index contributed by atoms with van der Waals surface area (Å²) in [6.07, 6.45) is 1.10. The second-order valence-electron chi connectivity index (χ2n) is 12.8. The first kappa shape index (κ1) is 28.6. The number of halogens is 4. The molecule has 3 atom stereocenters. The normalized spacial score (nSPS) is 24.2. The van der Waals surface area contributed by atoms with E-state index in [-0.39, 0.29) is 43.2 Å². The van der Waals surface area contributed by atoms with Crippen molar-refractivity contribution in [2.24, 2.45) is 5.41 Å². The third kappa shape index (κ3) is 4.54. The fraction of sp³-hybridized carbons (Fsp3) is 0.516. The van der Waals surface area contributed by atoms with Gasteiger partial charge in [0.25, 0.3) is 5.92 Å². The van der Waals surface area contributed by atoms with Crippen LogP contribution >= 0.6 is 11.6 Å². The highest BCUT2D eigenvalue weighted by Crippen LogP contribution is 2.60. The third-order valence-corrected chi connectivity index (χ3v) is 9.65. The molecule has 1 saturated carbocycles. The van der Waals surface area contributed by atoms with E-state index in [2.05, 4.69) is 39.2 Å². The number of aromatic amines is 1.